The summed E-state index contributed by atoms with van der Waals surface area (Å²) in [5.41, 5.74) is -0.405. The lowest BCUT2D eigenvalue weighted by Gasteiger charge is -2.13. The van der Waals surface area contributed by atoms with Crippen LogP contribution < -0.4 is 4.74 Å². The van der Waals surface area contributed by atoms with Crippen molar-refractivity contribution in [3.63, 3.8) is 0 Å². The molecule has 0 amide bonds. The van der Waals surface area contributed by atoms with Crippen LogP contribution >= 0.6 is 0 Å². The van der Waals surface area contributed by atoms with Crippen LogP contribution in [-0.2, 0) is 10.9 Å². The number of alkyl halides is 3. The Hall–Kier alpha value is -2.15. The first-order valence-electron chi connectivity index (χ1n) is 6.37. The molecule has 0 saturated carbocycles. The van der Waals surface area contributed by atoms with Crippen molar-refractivity contribution in [2.24, 2.45) is 0 Å². The van der Waals surface area contributed by atoms with E-state index in [4.69, 9.17) is 9.47 Å². The molecule has 0 bridgehead atoms. The summed E-state index contributed by atoms with van der Waals surface area (Å²) in [6.45, 7) is 0.230. The largest absolute Gasteiger partial charge is 0.475 e. The average molecular weight is 315 g/mol. The molecular formula is C15H13F4NO2. The number of benzene rings is 1. The van der Waals surface area contributed by atoms with Gasteiger partial charge in [-0.3, -0.25) is 0 Å². The van der Waals surface area contributed by atoms with Crippen molar-refractivity contribution in [1.82, 2.24) is 4.98 Å². The van der Waals surface area contributed by atoms with Crippen LogP contribution in [0.1, 0.15) is 5.69 Å². The van der Waals surface area contributed by atoms with Gasteiger partial charge in [0.15, 0.2) is 0 Å². The van der Waals surface area contributed by atoms with Crippen LogP contribution in [0.2, 0.25) is 0 Å². The van der Waals surface area contributed by atoms with E-state index in [9.17, 15) is 17.6 Å². The number of halogens is 4. The van der Waals surface area contributed by atoms with Crippen LogP contribution in [0.15, 0.2) is 36.4 Å². The molecular weight excluding hydrogens is 302 g/mol. The summed E-state index contributed by atoms with van der Waals surface area (Å²) in [6, 6.07) is 7.52. The highest BCUT2D eigenvalue weighted by molar-refractivity contribution is 5.68. The molecule has 0 aliphatic rings. The van der Waals surface area contributed by atoms with Gasteiger partial charge in [-0.25, -0.2) is 9.37 Å². The summed E-state index contributed by atoms with van der Waals surface area (Å²) in [5.74, 6) is -0.710. The van der Waals surface area contributed by atoms with E-state index in [0.29, 0.717) is 5.56 Å². The van der Waals surface area contributed by atoms with E-state index in [1.54, 1.807) is 6.07 Å². The Balaban J connectivity index is 2.43. The number of hydrogen-bond acceptors (Lipinski definition) is 3. The van der Waals surface area contributed by atoms with E-state index in [2.05, 4.69) is 4.98 Å². The molecule has 0 radical (unpaired) electrons. The Kier molecular flexibility index (Phi) is 4.97. The van der Waals surface area contributed by atoms with Gasteiger partial charge in [-0.05, 0) is 29.8 Å². The SMILES string of the molecule is COCCOc1nc(C(F)(F)F)ccc1-c1cccc(F)c1. The van der Waals surface area contributed by atoms with Gasteiger partial charge in [-0.1, -0.05) is 12.1 Å². The van der Waals surface area contributed by atoms with E-state index < -0.39 is 17.7 Å². The van der Waals surface area contributed by atoms with E-state index >= 15 is 0 Å². The lowest BCUT2D eigenvalue weighted by Crippen LogP contribution is -2.11. The Morgan fingerprint density at radius 2 is 1.86 bits per heavy atom. The molecule has 22 heavy (non-hydrogen) atoms. The fraction of sp³-hybridized carbons (Fsp3) is 0.267. The predicted molar refractivity (Wildman–Crippen MR) is 72.0 cm³/mol. The number of methoxy groups -OCH3 is 1. The molecule has 0 fully saturated rings. The van der Waals surface area contributed by atoms with Crippen LogP contribution in [0.3, 0.4) is 0 Å². The molecule has 0 spiro atoms. The zero-order chi connectivity index (χ0) is 16.2. The van der Waals surface area contributed by atoms with Crippen LogP contribution in [0.4, 0.5) is 17.6 Å². The molecule has 0 atom stereocenters. The normalized spacial score (nSPS) is 11.5. The van der Waals surface area contributed by atoms with Crippen molar-refractivity contribution in [3.8, 4) is 17.0 Å². The highest BCUT2D eigenvalue weighted by Crippen LogP contribution is 2.34. The van der Waals surface area contributed by atoms with E-state index in [1.807, 2.05) is 0 Å². The van der Waals surface area contributed by atoms with E-state index in [1.165, 1.54) is 31.4 Å². The van der Waals surface area contributed by atoms with Gasteiger partial charge in [0.2, 0.25) is 5.88 Å². The fourth-order valence-corrected chi connectivity index (χ4v) is 1.81. The van der Waals surface area contributed by atoms with Gasteiger partial charge in [-0.15, -0.1) is 0 Å². The summed E-state index contributed by atoms with van der Waals surface area (Å²) in [5, 5.41) is 0. The molecule has 1 aromatic heterocycles. The Morgan fingerprint density at radius 1 is 1.09 bits per heavy atom. The molecule has 7 heteroatoms. The zero-order valence-corrected chi connectivity index (χ0v) is 11.7. The van der Waals surface area contributed by atoms with E-state index in [-0.39, 0.29) is 24.7 Å². The average Bonchev–Trinajstić information content (AvgIpc) is 2.46. The highest BCUT2D eigenvalue weighted by Gasteiger charge is 2.33. The maximum Gasteiger partial charge on any atom is 0.433 e. The topological polar surface area (TPSA) is 31.4 Å². The van der Waals surface area contributed by atoms with Crippen LogP contribution in [0.5, 0.6) is 5.88 Å². The van der Waals surface area contributed by atoms with Gasteiger partial charge in [-0.2, -0.15) is 13.2 Å². The van der Waals surface area contributed by atoms with Crippen molar-refractivity contribution in [1.29, 1.82) is 0 Å². The molecule has 118 valence electrons. The maximum absolute atomic E-state index is 13.3. The number of hydrogen-bond donors (Lipinski definition) is 0. The minimum absolute atomic E-state index is 0.0348. The molecule has 0 saturated heterocycles. The summed E-state index contributed by atoms with van der Waals surface area (Å²) in [6.07, 6.45) is -4.58. The monoisotopic (exact) mass is 315 g/mol. The molecule has 2 aromatic rings. The third kappa shape index (κ3) is 3.94. The predicted octanol–water partition coefficient (Wildman–Crippen LogP) is 3.93. The zero-order valence-electron chi connectivity index (χ0n) is 11.7. The van der Waals surface area contributed by atoms with Crippen molar-refractivity contribution in [2.45, 2.75) is 6.18 Å². The second-order valence-electron chi connectivity index (χ2n) is 4.40. The molecule has 0 unspecified atom stereocenters. The van der Waals surface area contributed by atoms with Crippen molar-refractivity contribution in [2.75, 3.05) is 20.3 Å². The van der Waals surface area contributed by atoms with E-state index in [0.717, 1.165) is 6.07 Å². The van der Waals surface area contributed by atoms with Crippen molar-refractivity contribution < 1.29 is 27.0 Å². The van der Waals surface area contributed by atoms with Gasteiger partial charge < -0.3 is 9.47 Å². The first kappa shape index (κ1) is 16.2. The van der Waals surface area contributed by atoms with Crippen LogP contribution in [0, 0.1) is 5.82 Å². The minimum Gasteiger partial charge on any atom is -0.475 e. The Morgan fingerprint density at radius 3 is 2.50 bits per heavy atom. The number of nitrogens with zero attached hydrogens (tertiary/aromatic N) is 1. The fourth-order valence-electron chi connectivity index (χ4n) is 1.81. The molecule has 0 aliphatic heterocycles. The van der Waals surface area contributed by atoms with Crippen LogP contribution in [0.25, 0.3) is 11.1 Å². The van der Waals surface area contributed by atoms with Gasteiger partial charge in [0.1, 0.15) is 18.1 Å². The standard InChI is InChI=1S/C15H13F4NO2/c1-21-7-8-22-14-12(10-3-2-4-11(16)9-10)5-6-13(20-14)15(17,18)19/h2-6,9H,7-8H2,1H3. The molecule has 1 aromatic carbocycles. The number of pyridine rings is 1. The lowest BCUT2D eigenvalue weighted by atomic mass is 10.1. The van der Waals surface area contributed by atoms with Gasteiger partial charge in [0.05, 0.1) is 6.61 Å². The number of aromatic nitrogens is 1. The summed E-state index contributed by atoms with van der Waals surface area (Å²) < 4.78 is 61.6. The van der Waals surface area contributed by atoms with Crippen molar-refractivity contribution in [3.05, 3.63) is 47.9 Å². The van der Waals surface area contributed by atoms with Crippen molar-refractivity contribution >= 4 is 0 Å². The third-order valence-corrected chi connectivity index (χ3v) is 2.81. The Labute approximate surface area is 124 Å². The number of rotatable bonds is 5. The third-order valence-electron chi connectivity index (χ3n) is 2.81. The number of ether oxygens (including phenoxy) is 2. The molecule has 2 rings (SSSR count). The second kappa shape index (κ2) is 6.74. The van der Waals surface area contributed by atoms with Crippen LogP contribution in [-0.4, -0.2) is 25.3 Å². The maximum atomic E-state index is 13.3. The Bertz CT molecular complexity index is 644. The highest BCUT2D eigenvalue weighted by atomic mass is 19.4. The minimum atomic E-state index is -4.58. The summed E-state index contributed by atoms with van der Waals surface area (Å²) in [7, 11) is 1.44. The molecule has 1 heterocycles. The quantitative estimate of drug-likeness (QED) is 0.619. The van der Waals surface area contributed by atoms with Gasteiger partial charge in [0.25, 0.3) is 0 Å². The van der Waals surface area contributed by atoms with Gasteiger partial charge >= 0.3 is 6.18 Å². The first-order valence-corrected chi connectivity index (χ1v) is 6.37. The molecule has 0 N–H and O–H groups in total. The summed E-state index contributed by atoms with van der Waals surface area (Å²) in [4.78, 5) is 3.50. The van der Waals surface area contributed by atoms with Gasteiger partial charge in [0, 0.05) is 12.7 Å². The second-order valence-corrected chi connectivity index (χ2v) is 4.40. The molecule has 3 nitrogen and oxygen atoms in total. The summed E-state index contributed by atoms with van der Waals surface area (Å²) >= 11 is 0. The smallest absolute Gasteiger partial charge is 0.433 e. The lowest BCUT2D eigenvalue weighted by molar-refractivity contribution is -0.141. The first-order chi connectivity index (χ1) is 10.4. The molecule has 0 aliphatic carbocycles.